The third-order valence-corrected chi connectivity index (χ3v) is 2.06. The monoisotopic (exact) mass is 251 g/mol. The number of imidazole rings is 1. The number of rotatable bonds is 4. The van der Waals surface area contributed by atoms with Crippen LogP contribution < -0.4 is 0 Å². The number of aromatic nitrogens is 2. The first-order valence-corrected chi connectivity index (χ1v) is 4.78. The van der Waals surface area contributed by atoms with Crippen LogP contribution in [-0.4, -0.2) is 51.3 Å². The summed E-state index contributed by atoms with van der Waals surface area (Å²) >= 11 is 0. The van der Waals surface area contributed by atoms with E-state index in [2.05, 4.69) is 4.98 Å². The molecule has 96 valence electrons. The maximum atomic E-state index is 12.2. The molecule has 0 aliphatic rings. The van der Waals surface area contributed by atoms with E-state index in [9.17, 15) is 18.0 Å². The highest BCUT2D eigenvalue weighted by molar-refractivity contribution is 5.92. The van der Waals surface area contributed by atoms with E-state index in [1.165, 1.54) is 24.1 Å². The highest BCUT2D eigenvalue weighted by atomic mass is 19.4. The number of aliphatic hydroxyl groups is 1. The van der Waals surface area contributed by atoms with Gasteiger partial charge in [0.2, 0.25) is 0 Å². The van der Waals surface area contributed by atoms with Crippen LogP contribution in [0.3, 0.4) is 0 Å². The third-order valence-electron chi connectivity index (χ3n) is 2.06. The fourth-order valence-electron chi connectivity index (χ4n) is 1.31. The summed E-state index contributed by atoms with van der Waals surface area (Å²) in [7, 11) is 1.50. The van der Waals surface area contributed by atoms with Crippen molar-refractivity contribution in [2.45, 2.75) is 6.18 Å². The first-order chi connectivity index (χ1) is 7.85. The van der Waals surface area contributed by atoms with Crippen molar-refractivity contribution in [3.05, 3.63) is 18.2 Å². The number of halogens is 3. The smallest absolute Gasteiger partial charge is 0.395 e. The molecule has 1 N–H and O–H groups in total. The molecule has 0 bridgehead atoms. The number of hydrogen-bond donors (Lipinski definition) is 1. The molecule has 0 aliphatic heterocycles. The number of carbonyl (C=O) groups is 1. The van der Waals surface area contributed by atoms with Crippen molar-refractivity contribution < 1.29 is 23.1 Å². The van der Waals surface area contributed by atoms with Gasteiger partial charge in [0.1, 0.15) is 12.2 Å². The number of amides is 1. The van der Waals surface area contributed by atoms with E-state index >= 15 is 0 Å². The molecule has 1 heterocycles. The number of aryl methyl sites for hydroxylation is 1. The molecular formula is C9H12F3N3O2. The Labute approximate surface area is 95.5 Å². The molecule has 8 heteroatoms. The lowest BCUT2D eigenvalue weighted by molar-refractivity contribution is -0.141. The van der Waals surface area contributed by atoms with Crippen molar-refractivity contribution >= 4 is 5.91 Å². The fourth-order valence-corrected chi connectivity index (χ4v) is 1.31. The number of carbonyl (C=O) groups excluding carboxylic acids is 1. The van der Waals surface area contributed by atoms with Crippen LogP contribution in [0.25, 0.3) is 0 Å². The van der Waals surface area contributed by atoms with Crippen molar-refractivity contribution in [2.75, 3.05) is 19.7 Å². The van der Waals surface area contributed by atoms with Gasteiger partial charge in [0.05, 0.1) is 19.1 Å². The van der Waals surface area contributed by atoms with Gasteiger partial charge in [-0.05, 0) is 0 Å². The van der Waals surface area contributed by atoms with E-state index < -0.39 is 25.2 Å². The topological polar surface area (TPSA) is 58.4 Å². The molecule has 0 fully saturated rings. The maximum Gasteiger partial charge on any atom is 0.406 e. The predicted molar refractivity (Wildman–Crippen MR) is 52.3 cm³/mol. The summed E-state index contributed by atoms with van der Waals surface area (Å²) in [5.74, 6) is -0.809. The number of aliphatic hydroxyl groups excluding tert-OH is 1. The number of nitrogens with zero attached hydrogens (tertiary/aromatic N) is 3. The van der Waals surface area contributed by atoms with E-state index in [0.29, 0.717) is 4.90 Å². The van der Waals surface area contributed by atoms with E-state index in [-0.39, 0.29) is 12.2 Å². The largest absolute Gasteiger partial charge is 0.406 e. The second-order valence-corrected chi connectivity index (χ2v) is 3.46. The summed E-state index contributed by atoms with van der Waals surface area (Å²) in [6, 6.07) is 0. The van der Waals surface area contributed by atoms with Crippen LogP contribution in [0.4, 0.5) is 13.2 Å². The zero-order chi connectivity index (χ0) is 13.1. The van der Waals surface area contributed by atoms with E-state index in [4.69, 9.17) is 5.11 Å². The summed E-state index contributed by atoms with van der Waals surface area (Å²) in [5.41, 5.74) is 0.0442. The van der Waals surface area contributed by atoms with Crippen molar-refractivity contribution in [1.29, 1.82) is 0 Å². The number of alkyl halides is 3. The molecule has 1 aromatic rings. The average molecular weight is 251 g/mol. The Bertz CT molecular complexity index is 389. The molecule has 0 spiro atoms. The van der Waals surface area contributed by atoms with Gasteiger partial charge < -0.3 is 14.6 Å². The molecule has 0 aliphatic carbocycles. The highest BCUT2D eigenvalue weighted by Gasteiger charge is 2.33. The molecular weight excluding hydrogens is 239 g/mol. The van der Waals surface area contributed by atoms with E-state index in [0.717, 1.165) is 0 Å². The van der Waals surface area contributed by atoms with Gasteiger partial charge in [0.25, 0.3) is 5.91 Å². The summed E-state index contributed by atoms with van der Waals surface area (Å²) in [5, 5.41) is 8.67. The quantitative estimate of drug-likeness (QED) is 0.843. The van der Waals surface area contributed by atoms with Crippen molar-refractivity contribution in [1.82, 2.24) is 14.5 Å². The molecule has 0 saturated heterocycles. The van der Waals surface area contributed by atoms with Gasteiger partial charge >= 0.3 is 6.18 Å². The van der Waals surface area contributed by atoms with Crippen LogP contribution in [0, 0.1) is 0 Å². The highest BCUT2D eigenvalue weighted by Crippen LogP contribution is 2.17. The Hall–Kier alpha value is -1.57. The van der Waals surface area contributed by atoms with Gasteiger partial charge in [-0.2, -0.15) is 13.2 Å². The van der Waals surface area contributed by atoms with Gasteiger partial charge in [-0.15, -0.1) is 0 Å². The molecule has 0 atom stereocenters. The fraction of sp³-hybridized carbons (Fsp3) is 0.556. The summed E-state index contributed by atoms with van der Waals surface area (Å²) in [4.78, 5) is 15.9. The standard InChI is InChI=1S/C9H12F3N3O2/c1-14-6-13-4-7(14)8(17)15(2-3-16)5-9(10,11)12/h4,6,16H,2-3,5H2,1H3. The Morgan fingerprint density at radius 2 is 2.24 bits per heavy atom. The normalized spacial score (nSPS) is 11.6. The predicted octanol–water partition coefficient (Wildman–Crippen LogP) is 0.417. The lowest BCUT2D eigenvalue weighted by Gasteiger charge is -2.22. The van der Waals surface area contributed by atoms with Gasteiger partial charge in [0, 0.05) is 13.6 Å². The first kappa shape index (κ1) is 13.5. The molecule has 5 nitrogen and oxygen atoms in total. The van der Waals surface area contributed by atoms with Gasteiger partial charge in [-0.25, -0.2) is 4.98 Å². The molecule has 0 radical (unpaired) electrons. The van der Waals surface area contributed by atoms with Crippen molar-refractivity contribution in [2.24, 2.45) is 7.05 Å². The molecule has 1 amide bonds. The Morgan fingerprint density at radius 3 is 2.65 bits per heavy atom. The van der Waals surface area contributed by atoms with Crippen LogP contribution in [0.15, 0.2) is 12.5 Å². The minimum absolute atomic E-state index is 0.0442. The molecule has 0 unspecified atom stereocenters. The minimum atomic E-state index is -4.50. The van der Waals surface area contributed by atoms with Crippen LogP contribution in [0.1, 0.15) is 10.5 Å². The van der Waals surface area contributed by atoms with E-state index in [1.807, 2.05) is 0 Å². The number of hydrogen-bond acceptors (Lipinski definition) is 3. The second-order valence-electron chi connectivity index (χ2n) is 3.46. The average Bonchev–Trinajstić information content (AvgIpc) is 2.61. The maximum absolute atomic E-state index is 12.2. The summed E-state index contributed by atoms with van der Waals surface area (Å²) in [6.45, 7) is -2.29. The summed E-state index contributed by atoms with van der Waals surface area (Å²) in [6.07, 6.45) is -2.00. The van der Waals surface area contributed by atoms with Crippen LogP contribution in [0.5, 0.6) is 0 Å². The van der Waals surface area contributed by atoms with Crippen LogP contribution in [-0.2, 0) is 7.05 Å². The molecule has 1 aromatic heterocycles. The molecule has 0 saturated carbocycles. The van der Waals surface area contributed by atoms with Gasteiger partial charge in [-0.1, -0.05) is 0 Å². The minimum Gasteiger partial charge on any atom is -0.395 e. The van der Waals surface area contributed by atoms with Crippen molar-refractivity contribution in [3.8, 4) is 0 Å². The Balaban J connectivity index is 2.84. The molecule has 0 aromatic carbocycles. The van der Waals surface area contributed by atoms with Crippen molar-refractivity contribution in [3.63, 3.8) is 0 Å². The second kappa shape index (κ2) is 5.17. The van der Waals surface area contributed by atoms with Crippen LogP contribution in [0.2, 0.25) is 0 Å². The Morgan fingerprint density at radius 1 is 1.59 bits per heavy atom. The lowest BCUT2D eigenvalue weighted by Crippen LogP contribution is -2.41. The zero-order valence-corrected chi connectivity index (χ0v) is 9.11. The van der Waals surface area contributed by atoms with Gasteiger partial charge in [0.15, 0.2) is 0 Å². The first-order valence-electron chi connectivity index (χ1n) is 4.78. The SMILES string of the molecule is Cn1cncc1C(=O)N(CCO)CC(F)(F)F. The molecule has 1 rings (SSSR count). The molecule has 17 heavy (non-hydrogen) atoms. The summed E-state index contributed by atoms with van der Waals surface area (Å²) < 4.78 is 38.0. The van der Waals surface area contributed by atoms with E-state index in [1.54, 1.807) is 0 Å². The van der Waals surface area contributed by atoms with Crippen LogP contribution >= 0.6 is 0 Å². The zero-order valence-electron chi connectivity index (χ0n) is 9.11. The van der Waals surface area contributed by atoms with Gasteiger partial charge in [-0.3, -0.25) is 4.79 Å². The third kappa shape index (κ3) is 3.74. The Kier molecular flexibility index (Phi) is 4.11. The lowest BCUT2D eigenvalue weighted by atomic mass is 10.3.